The molecule has 0 aromatic heterocycles. The monoisotopic (exact) mass is 321 g/mol. The van der Waals surface area contributed by atoms with Gasteiger partial charge >= 0.3 is 0 Å². The molecule has 0 spiro atoms. The van der Waals surface area contributed by atoms with Crippen LogP contribution < -0.4 is 4.72 Å². The van der Waals surface area contributed by atoms with Crippen molar-refractivity contribution in [3.05, 3.63) is 59.7 Å². The molecule has 0 aliphatic heterocycles. The third-order valence-corrected chi connectivity index (χ3v) is 4.83. The number of hydrogen-bond acceptors (Lipinski definition) is 4. The van der Waals surface area contributed by atoms with Crippen LogP contribution in [0.1, 0.15) is 11.1 Å². The van der Waals surface area contributed by atoms with E-state index in [4.69, 9.17) is 0 Å². The molecule has 0 fully saturated rings. The summed E-state index contributed by atoms with van der Waals surface area (Å²) >= 11 is 0. The molecular formula is C16H19NO4S. The van der Waals surface area contributed by atoms with E-state index in [9.17, 15) is 18.6 Å². The topological polar surface area (TPSA) is 86.6 Å². The molecular weight excluding hydrogens is 302 g/mol. The van der Waals surface area contributed by atoms with E-state index >= 15 is 0 Å². The van der Waals surface area contributed by atoms with Gasteiger partial charge in [-0.25, -0.2) is 13.1 Å². The number of aryl methyl sites for hydroxylation is 1. The highest BCUT2D eigenvalue weighted by atomic mass is 32.2. The number of aliphatic hydroxyl groups is 1. The molecule has 0 saturated carbocycles. The van der Waals surface area contributed by atoms with Gasteiger partial charge in [-0.15, -0.1) is 0 Å². The minimum absolute atomic E-state index is 0.143. The van der Waals surface area contributed by atoms with Crippen LogP contribution in [0.5, 0.6) is 5.75 Å². The van der Waals surface area contributed by atoms with Crippen LogP contribution in [0.4, 0.5) is 0 Å². The van der Waals surface area contributed by atoms with Crippen LogP contribution in [0.25, 0.3) is 0 Å². The van der Waals surface area contributed by atoms with Crippen LogP contribution in [-0.4, -0.2) is 31.3 Å². The van der Waals surface area contributed by atoms with Gasteiger partial charge < -0.3 is 10.2 Å². The molecule has 0 aliphatic rings. The summed E-state index contributed by atoms with van der Waals surface area (Å²) in [5, 5.41) is 18.7. The first-order chi connectivity index (χ1) is 10.4. The number of phenolic OH excluding ortho intramolecular Hbond substituents is 1. The fourth-order valence-corrected chi connectivity index (χ4v) is 3.29. The lowest BCUT2D eigenvalue weighted by Gasteiger charge is -2.16. The van der Waals surface area contributed by atoms with Crippen molar-refractivity contribution in [1.82, 2.24) is 4.72 Å². The summed E-state index contributed by atoms with van der Waals surface area (Å²) in [6.07, 6.45) is 0.335. The third-order valence-electron chi connectivity index (χ3n) is 3.29. The largest absolute Gasteiger partial charge is 0.508 e. The zero-order chi connectivity index (χ0) is 16.2. The normalized spacial score (nSPS) is 13.0. The zero-order valence-corrected chi connectivity index (χ0v) is 13.0. The minimum atomic E-state index is -3.68. The van der Waals surface area contributed by atoms with Crippen molar-refractivity contribution in [1.29, 1.82) is 0 Å². The van der Waals surface area contributed by atoms with Crippen LogP contribution >= 0.6 is 0 Å². The highest BCUT2D eigenvalue weighted by Gasteiger charge is 2.19. The number of aromatic hydroxyl groups is 1. The Balaban J connectivity index is 2.11. The predicted octanol–water partition coefficient (Wildman–Crippen LogP) is 1.58. The van der Waals surface area contributed by atoms with Gasteiger partial charge in [0.1, 0.15) is 5.75 Å². The molecule has 6 heteroatoms. The Kier molecular flexibility index (Phi) is 5.18. The molecule has 0 heterocycles. The zero-order valence-electron chi connectivity index (χ0n) is 12.2. The maximum Gasteiger partial charge on any atom is 0.240 e. The molecule has 0 aliphatic carbocycles. The minimum Gasteiger partial charge on any atom is -0.508 e. The van der Waals surface area contributed by atoms with Crippen LogP contribution in [-0.2, 0) is 16.4 Å². The predicted molar refractivity (Wildman–Crippen MR) is 84.2 cm³/mol. The molecule has 118 valence electrons. The highest BCUT2D eigenvalue weighted by Crippen LogP contribution is 2.14. The number of hydrogen-bond donors (Lipinski definition) is 3. The Morgan fingerprint density at radius 3 is 2.18 bits per heavy atom. The average molecular weight is 321 g/mol. The van der Waals surface area contributed by atoms with Gasteiger partial charge in [0.15, 0.2) is 0 Å². The Morgan fingerprint density at radius 2 is 1.64 bits per heavy atom. The standard InChI is InChI=1S/C16H19NO4S/c1-12-2-8-16(9-3-12)22(20,21)17-14(11-18)10-13-4-6-15(19)7-5-13/h2-9,14,17-19H,10-11H2,1H3/t14-/m0/s1. The van der Waals surface area contributed by atoms with Crippen molar-refractivity contribution in [2.24, 2.45) is 0 Å². The first-order valence-corrected chi connectivity index (χ1v) is 8.37. The Morgan fingerprint density at radius 1 is 1.05 bits per heavy atom. The van der Waals surface area contributed by atoms with E-state index in [1.54, 1.807) is 24.3 Å². The smallest absolute Gasteiger partial charge is 0.240 e. The van der Waals surface area contributed by atoms with E-state index < -0.39 is 16.1 Å². The fraction of sp³-hybridized carbons (Fsp3) is 0.250. The van der Waals surface area contributed by atoms with Crippen LogP contribution in [0, 0.1) is 6.92 Å². The van der Waals surface area contributed by atoms with Gasteiger partial charge in [-0.2, -0.15) is 0 Å². The quantitative estimate of drug-likeness (QED) is 0.754. The molecule has 2 rings (SSSR count). The number of nitrogens with one attached hydrogen (secondary N) is 1. The van der Waals surface area contributed by atoms with E-state index in [0.717, 1.165) is 11.1 Å². The van der Waals surface area contributed by atoms with E-state index in [2.05, 4.69) is 4.72 Å². The summed E-state index contributed by atoms with van der Waals surface area (Å²) in [5.41, 5.74) is 1.80. The number of rotatable bonds is 6. The summed E-state index contributed by atoms with van der Waals surface area (Å²) < 4.78 is 27.1. The molecule has 2 aromatic rings. The molecule has 5 nitrogen and oxygen atoms in total. The maximum absolute atomic E-state index is 12.3. The fourth-order valence-electron chi connectivity index (χ4n) is 2.06. The highest BCUT2D eigenvalue weighted by molar-refractivity contribution is 7.89. The second-order valence-corrected chi connectivity index (χ2v) is 6.90. The molecule has 0 bridgehead atoms. The molecule has 0 amide bonds. The van der Waals surface area contributed by atoms with Gasteiger partial charge in [-0.3, -0.25) is 0 Å². The van der Waals surface area contributed by atoms with Crippen molar-refractivity contribution in [3.63, 3.8) is 0 Å². The van der Waals surface area contributed by atoms with E-state index in [1.165, 1.54) is 24.3 Å². The number of aliphatic hydroxyl groups excluding tert-OH is 1. The summed E-state index contributed by atoms with van der Waals surface area (Å²) in [4.78, 5) is 0.169. The maximum atomic E-state index is 12.3. The Bertz CT molecular complexity index is 709. The van der Waals surface area contributed by atoms with Gasteiger partial charge in [0.25, 0.3) is 0 Å². The summed E-state index contributed by atoms with van der Waals surface area (Å²) in [6.45, 7) is 1.57. The lowest BCUT2D eigenvalue weighted by atomic mass is 10.1. The Hall–Kier alpha value is -1.89. The van der Waals surface area contributed by atoms with Gasteiger partial charge in [-0.05, 0) is 43.2 Å². The first kappa shape index (κ1) is 16.5. The molecule has 2 aromatic carbocycles. The van der Waals surface area contributed by atoms with Crippen LogP contribution in [0.3, 0.4) is 0 Å². The first-order valence-electron chi connectivity index (χ1n) is 6.88. The van der Waals surface area contributed by atoms with Crippen molar-refractivity contribution >= 4 is 10.0 Å². The number of sulfonamides is 1. The van der Waals surface area contributed by atoms with E-state index in [1.807, 2.05) is 6.92 Å². The average Bonchev–Trinajstić information content (AvgIpc) is 2.49. The lowest BCUT2D eigenvalue weighted by molar-refractivity contribution is 0.256. The van der Waals surface area contributed by atoms with Gasteiger partial charge in [0, 0.05) is 6.04 Å². The van der Waals surface area contributed by atoms with Crippen LogP contribution in [0.15, 0.2) is 53.4 Å². The molecule has 0 radical (unpaired) electrons. The summed E-state index contributed by atoms with van der Waals surface area (Å²) in [7, 11) is -3.68. The molecule has 0 unspecified atom stereocenters. The number of benzene rings is 2. The molecule has 3 N–H and O–H groups in total. The van der Waals surface area contributed by atoms with Crippen molar-refractivity contribution < 1.29 is 18.6 Å². The third kappa shape index (κ3) is 4.30. The SMILES string of the molecule is Cc1ccc(S(=O)(=O)N[C@H](CO)Cc2ccc(O)cc2)cc1. The second-order valence-electron chi connectivity index (χ2n) is 5.18. The van der Waals surface area contributed by atoms with E-state index in [-0.39, 0.29) is 17.3 Å². The van der Waals surface area contributed by atoms with Crippen molar-refractivity contribution in [2.45, 2.75) is 24.3 Å². The van der Waals surface area contributed by atoms with Crippen molar-refractivity contribution in [2.75, 3.05) is 6.61 Å². The van der Waals surface area contributed by atoms with Gasteiger partial charge in [0.2, 0.25) is 10.0 Å². The Labute approximate surface area is 130 Å². The molecule has 1 atom stereocenters. The lowest BCUT2D eigenvalue weighted by Crippen LogP contribution is -2.39. The summed E-state index contributed by atoms with van der Waals surface area (Å²) in [6, 6.07) is 12.3. The van der Waals surface area contributed by atoms with Gasteiger partial charge in [-0.1, -0.05) is 29.8 Å². The number of phenols is 1. The van der Waals surface area contributed by atoms with Gasteiger partial charge in [0.05, 0.1) is 11.5 Å². The van der Waals surface area contributed by atoms with Crippen molar-refractivity contribution in [3.8, 4) is 5.75 Å². The molecule has 22 heavy (non-hydrogen) atoms. The second kappa shape index (κ2) is 6.91. The van der Waals surface area contributed by atoms with E-state index in [0.29, 0.717) is 6.42 Å². The molecule has 0 saturated heterocycles. The van der Waals surface area contributed by atoms with Crippen LogP contribution in [0.2, 0.25) is 0 Å². The summed E-state index contributed by atoms with van der Waals surface area (Å²) in [5.74, 6) is 0.143.